The second kappa shape index (κ2) is 6.71. The highest BCUT2D eigenvalue weighted by molar-refractivity contribution is 7.99. The molecular weight excluding hydrogens is 300 g/mol. The summed E-state index contributed by atoms with van der Waals surface area (Å²) < 4.78 is 10.7. The highest BCUT2D eigenvalue weighted by Gasteiger charge is 2.31. The fraction of sp³-hybridized carbons (Fsp3) is 0.500. The van der Waals surface area contributed by atoms with Crippen LogP contribution in [0.4, 0.5) is 0 Å². The lowest BCUT2D eigenvalue weighted by Crippen LogP contribution is -2.45. The van der Waals surface area contributed by atoms with E-state index in [-0.39, 0.29) is 18.1 Å². The number of para-hydroxylation sites is 2. The largest absolute Gasteiger partial charge is 0.469 e. The predicted molar refractivity (Wildman–Crippen MR) is 86.9 cm³/mol. The molecule has 0 bridgehead atoms. The van der Waals surface area contributed by atoms with Gasteiger partial charge in [0, 0.05) is 24.1 Å². The first-order valence-corrected chi connectivity index (χ1v) is 8.60. The number of rotatable bonds is 4. The topological polar surface area (TPSA) is 55.6 Å². The number of carbonyl (C=O) groups is 1. The Labute approximate surface area is 134 Å². The number of ether oxygens (including phenoxy) is 1. The summed E-state index contributed by atoms with van der Waals surface area (Å²) in [6.07, 6.45) is 0.411. The molecule has 6 heteroatoms. The van der Waals surface area contributed by atoms with Crippen LogP contribution in [0, 0.1) is 0 Å². The zero-order valence-electron chi connectivity index (χ0n) is 12.8. The monoisotopic (exact) mass is 320 g/mol. The molecule has 2 atom stereocenters. The van der Waals surface area contributed by atoms with E-state index in [0.29, 0.717) is 12.3 Å². The average molecular weight is 320 g/mol. The van der Waals surface area contributed by atoms with Gasteiger partial charge in [-0.2, -0.15) is 11.8 Å². The average Bonchev–Trinajstić information content (AvgIpc) is 2.98. The van der Waals surface area contributed by atoms with Crippen molar-refractivity contribution in [3.63, 3.8) is 0 Å². The first-order valence-electron chi connectivity index (χ1n) is 7.45. The molecule has 0 radical (unpaired) electrons. The highest BCUT2D eigenvalue weighted by Crippen LogP contribution is 2.30. The molecule has 0 spiro atoms. The Balaban J connectivity index is 1.81. The van der Waals surface area contributed by atoms with Gasteiger partial charge >= 0.3 is 5.97 Å². The molecule has 2 heterocycles. The minimum Gasteiger partial charge on any atom is -0.469 e. The number of esters is 1. The van der Waals surface area contributed by atoms with Gasteiger partial charge in [-0.15, -0.1) is 0 Å². The molecule has 0 saturated carbocycles. The third kappa shape index (κ3) is 3.13. The number of benzene rings is 1. The maximum Gasteiger partial charge on any atom is 0.307 e. The molecule has 118 valence electrons. The molecule has 0 N–H and O–H groups in total. The lowest BCUT2D eigenvalue weighted by Gasteiger charge is -2.37. The number of fused-ring (bicyclic) bond motifs is 1. The summed E-state index contributed by atoms with van der Waals surface area (Å²) in [6, 6.07) is 7.99. The Morgan fingerprint density at radius 2 is 2.36 bits per heavy atom. The van der Waals surface area contributed by atoms with Crippen LogP contribution in [-0.4, -0.2) is 47.1 Å². The molecule has 0 amide bonds. The molecular formula is C16H20N2O3S. The number of thioether (sulfide) groups is 1. The van der Waals surface area contributed by atoms with Crippen molar-refractivity contribution in [2.45, 2.75) is 25.4 Å². The molecule has 3 rings (SSSR count). The van der Waals surface area contributed by atoms with Crippen molar-refractivity contribution in [3.05, 3.63) is 30.2 Å². The third-order valence-electron chi connectivity index (χ3n) is 4.07. The first kappa shape index (κ1) is 15.4. The standard InChI is InChI=1S/C16H20N2O3S/c1-11(16-17-13-5-3-4-6-14(13)21-16)18-7-8-22-10-12(18)9-15(19)20-2/h3-6,11-12H,7-10H2,1-2H3/t11-,12-/m0/s1. The van der Waals surface area contributed by atoms with Crippen LogP contribution in [0.25, 0.3) is 11.1 Å². The van der Waals surface area contributed by atoms with E-state index in [9.17, 15) is 4.79 Å². The van der Waals surface area contributed by atoms with Crippen LogP contribution in [0.15, 0.2) is 28.7 Å². The molecule has 2 aromatic rings. The summed E-state index contributed by atoms with van der Waals surface area (Å²) in [5.41, 5.74) is 1.68. The van der Waals surface area contributed by atoms with Gasteiger partial charge in [0.15, 0.2) is 5.58 Å². The van der Waals surface area contributed by atoms with Gasteiger partial charge in [0.2, 0.25) is 5.89 Å². The van der Waals surface area contributed by atoms with Crippen LogP contribution in [0.1, 0.15) is 25.3 Å². The van der Waals surface area contributed by atoms with Gasteiger partial charge in [0.05, 0.1) is 19.6 Å². The molecule has 1 aromatic carbocycles. The van der Waals surface area contributed by atoms with E-state index >= 15 is 0 Å². The van der Waals surface area contributed by atoms with Crippen LogP contribution in [0.3, 0.4) is 0 Å². The molecule has 5 nitrogen and oxygen atoms in total. The molecule has 0 unspecified atom stereocenters. The highest BCUT2D eigenvalue weighted by atomic mass is 32.2. The number of carbonyl (C=O) groups excluding carboxylic acids is 1. The summed E-state index contributed by atoms with van der Waals surface area (Å²) >= 11 is 1.88. The van der Waals surface area contributed by atoms with E-state index in [1.807, 2.05) is 36.0 Å². The first-order chi connectivity index (χ1) is 10.7. The fourth-order valence-electron chi connectivity index (χ4n) is 2.84. The quantitative estimate of drug-likeness (QED) is 0.808. The van der Waals surface area contributed by atoms with Crippen molar-refractivity contribution in [1.29, 1.82) is 0 Å². The fourth-order valence-corrected chi connectivity index (χ4v) is 3.93. The van der Waals surface area contributed by atoms with Crippen LogP contribution in [0.5, 0.6) is 0 Å². The van der Waals surface area contributed by atoms with Crippen molar-refractivity contribution < 1.29 is 13.9 Å². The summed E-state index contributed by atoms with van der Waals surface area (Å²) in [7, 11) is 1.44. The Morgan fingerprint density at radius 3 is 3.14 bits per heavy atom. The Morgan fingerprint density at radius 1 is 1.55 bits per heavy atom. The molecule has 1 aliphatic rings. The molecule has 22 heavy (non-hydrogen) atoms. The van der Waals surface area contributed by atoms with Crippen molar-refractivity contribution in [3.8, 4) is 0 Å². The zero-order chi connectivity index (χ0) is 15.5. The van der Waals surface area contributed by atoms with Gasteiger partial charge in [-0.3, -0.25) is 9.69 Å². The minimum atomic E-state index is -0.165. The van der Waals surface area contributed by atoms with E-state index < -0.39 is 0 Å². The van der Waals surface area contributed by atoms with Crippen LogP contribution in [-0.2, 0) is 9.53 Å². The van der Waals surface area contributed by atoms with Gasteiger partial charge in [0.25, 0.3) is 0 Å². The lowest BCUT2D eigenvalue weighted by molar-refractivity contribution is -0.142. The molecule has 1 fully saturated rings. The normalized spacial score (nSPS) is 20.9. The maximum atomic E-state index is 11.6. The van der Waals surface area contributed by atoms with E-state index in [4.69, 9.17) is 9.15 Å². The molecule has 1 aliphatic heterocycles. The minimum absolute atomic E-state index is 0.0444. The van der Waals surface area contributed by atoms with Crippen LogP contribution in [0.2, 0.25) is 0 Å². The van der Waals surface area contributed by atoms with E-state index in [2.05, 4.69) is 16.8 Å². The van der Waals surface area contributed by atoms with Crippen LogP contribution < -0.4 is 0 Å². The van der Waals surface area contributed by atoms with Crippen molar-refractivity contribution in [2.24, 2.45) is 0 Å². The zero-order valence-corrected chi connectivity index (χ0v) is 13.6. The van der Waals surface area contributed by atoms with Crippen molar-refractivity contribution >= 4 is 28.8 Å². The smallest absolute Gasteiger partial charge is 0.307 e. The van der Waals surface area contributed by atoms with Gasteiger partial charge in [0.1, 0.15) is 5.52 Å². The second-order valence-electron chi connectivity index (χ2n) is 5.44. The van der Waals surface area contributed by atoms with E-state index in [1.165, 1.54) is 7.11 Å². The number of aromatic nitrogens is 1. The summed E-state index contributed by atoms with van der Waals surface area (Å²) in [6.45, 7) is 3.01. The predicted octanol–water partition coefficient (Wildman–Crippen LogP) is 2.87. The van der Waals surface area contributed by atoms with Crippen LogP contribution >= 0.6 is 11.8 Å². The number of oxazole rings is 1. The van der Waals surface area contributed by atoms with Gasteiger partial charge in [-0.05, 0) is 19.1 Å². The van der Waals surface area contributed by atoms with Gasteiger partial charge in [-0.1, -0.05) is 12.1 Å². The Hall–Kier alpha value is -1.53. The Kier molecular flexibility index (Phi) is 4.69. The number of hydrogen-bond acceptors (Lipinski definition) is 6. The SMILES string of the molecule is COC(=O)C[C@H]1CSCCN1[C@@H](C)c1nc2ccccc2o1. The summed E-state index contributed by atoms with van der Waals surface area (Å²) in [5.74, 6) is 2.53. The van der Waals surface area contributed by atoms with Crippen molar-refractivity contribution in [1.82, 2.24) is 9.88 Å². The molecule has 0 aliphatic carbocycles. The molecule has 1 saturated heterocycles. The van der Waals surface area contributed by atoms with Crippen molar-refractivity contribution in [2.75, 3.05) is 25.2 Å². The lowest BCUT2D eigenvalue weighted by atomic mass is 10.1. The summed E-state index contributed by atoms with van der Waals surface area (Å²) in [4.78, 5) is 18.5. The van der Waals surface area contributed by atoms with Gasteiger partial charge in [-0.25, -0.2) is 4.98 Å². The second-order valence-corrected chi connectivity index (χ2v) is 6.59. The van der Waals surface area contributed by atoms with E-state index in [0.717, 1.165) is 29.2 Å². The maximum absolute atomic E-state index is 11.6. The number of hydrogen-bond donors (Lipinski definition) is 0. The number of nitrogens with zero attached hydrogens (tertiary/aromatic N) is 2. The van der Waals surface area contributed by atoms with E-state index in [1.54, 1.807) is 0 Å². The summed E-state index contributed by atoms with van der Waals surface area (Å²) in [5, 5.41) is 0. The number of methoxy groups -OCH3 is 1. The third-order valence-corrected chi connectivity index (χ3v) is 5.16. The van der Waals surface area contributed by atoms with Gasteiger partial charge < -0.3 is 9.15 Å². The molecule has 1 aromatic heterocycles. The Bertz CT molecular complexity index is 625.